The Hall–Kier alpha value is -3.41. The molecule has 138 valence electrons. The van der Waals surface area contributed by atoms with Crippen LogP contribution >= 0.6 is 0 Å². The van der Waals surface area contributed by atoms with E-state index in [1.165, 1.54) is 0 Å². The Morgan fingerprint density at radius 2 is 1.93 bits per heavy atom. The van der Waals surface area contributed by atoms with Crippen molar-refractivity contribution in [1.82, 2.24) is 10.3 Å². The lowest BCUT2D eigenvalue weighted by Gasteiger charge is -2.11. The molecule has 0 bridgehead atoms. The minimum absolute atomic E-state index is 0.0203. The molecule has 3 aromatic rings. The summed E-state index contributed by atoms with van der Waals surface area (Å²) in [5.74, 6) is -0.413. The normalized spacial score (nSPS) is 10.6. The van der Waals surface area contributed by atoms with Crippen molar-refractivity contribution in [3.05, 3.63) is 60.2 Å². The van der Waals surface area contributed by atoms with E-state index in [2.05, 4.69) is 10.3 Å². The van der Waals surface area contributed by atoms with Crippen molar-refractivity contribution >= 4 is 22.8 Å². The van der Waals surface area contributed by atoms with Gasteiger partial charge in [0.25, 0.3) is 5.91 Å². The van der Waals surface area contributed by atoms with Gasteiger partial charge >= 0.3 is 5.97 Å². The Morgan fingerprint density at radius 1 is 1.11 bits per heavy atom. The van der Waals surface area contributed by atoms with Crippen molar-refractivity contribution in [2.75, 3.05) is 13.7 Å². The highest BCUT2D eigenvalue weighted by molar-refractivity contribution is 6.07. The SMILES string of the molecule is COc1cccc(-c2cc(C(=O)NCCCC(=O)O)c3ccccc3n2)c1. The second-order valence-electron chi connectivity index (χ2n) is 6.06. The second kappa shape index (κ2) is 8.31. The van der Waals surface area contributed by atoms with E-state index in [-0.39, 0.29) is 12.3 Å². The van der Waals surface area contributed by atoms with Crippen LogP contribution in [0.5, 0.6) is 5.75 Å². The number of hydrogen-bond acceptors (Lipinski definition) is 4. The van der Waals surface area contributed by atoms with Gasteiger partial charge in [-0.25, -0.2) is 4.98 Å². The zero-order valence-corrected chi connectivity index (χ0v) is 14.9. The molecule has 2 aromatic carbocycles. The number of carbonyl (C=O) groups is 2. The van der Waals surface area contributed by atoms with E-state index in [0.717, 1.165) is 10.9 Å². The molecule has 0 spiro atoms. The number of aliphatic carboxylic acids is 1. The Labute approximate surface area is 156 Å². The van der Waals surface area contributed by atoms with Gasteiger partial charge in [0, 0.05) is 23.9 Å². The average molecular weight is 364 g/mol. The van der Waals surface area contributed by atoms with E-state index < -0.39 is 5.97 Å². The third kappa shape index (κ3) is 4.41. The molecule has 0 atom stereocenters. The highest BCUT2D eigenvalue weighted by Gasteiger charge is 2.14. The van der Waals surface area contributed by atoms with E-state index in [9.17, 15) is 9.59 Å². The minimum Gasteiger partial charge on any atom is -0.497 e. The number of carbonyl (C=O) groups excluding carboxylic acids is 1. The molecule has 6 heteroatoms. The zero-order valence-electron chi connectivity index (χ0n) is 14.9. The number of nitrogens with zero attached hydrogens (tertiary/aromatic N) is 1. The van der Waals surface area contributed by atoms with Crippen LogP contribution in [0.1, 0.15) is 23.2 Å². The first-order valence-electron chi connectivity index (χ1n) is 8.62. The monoisotopic (exact) mass is 364 g/mol. The Balaban J connectivity index is 1.95. The van der Waals surface area contributed by atoms with E-state index in [1.807, 2.05) is 48.5 Å². The van der Waals surface area contributed by atoms with Crippen LogP contribution < -0.4 is 10.1 Å². The van der Waals surface area contributed by atoms with Crippen LogP contribution in [-0.4, -0.2) is 35.6 Å². The van der Waals surface area contributed by atoms with Crippen LogP contribution in [-0.2, 0) is 4.79 Å². The van der Waals surface area contributed by atoms with Crippen molar-refractivity contribution < 1.29 is 19.4 Å². The van der Waals surface area contributed by atoms with Gasteiger partial charge in [-0.15, -0.1) is 0 Å². The summed E-state index contributed by atoms with van der Waals surface area (Å²) in [6, 6.07) is 16.7. The van der Waals surface area contributed by atoms with E-state index in [1.54, 1.807) is 13.2 Å². The molecule has 0 radical (unpaired) electrons. The molecule has 6 nitrogen and oxygen atoms in total. The van der Waals surface area contributed by atoms with Crippen molar-refractivity contribution in [1.29, 1.82) is 0 Å². The summed E-state index contributed by atoms with van der Waals surface area (Å²) in [6.07, 6.45) is 0.402. The van der Waals surface area contributed by atoms with Crippen molar-refractivity contribution in [2.45, 2.75) is 12.8 Å². The van der Waals surface area contributed by atoms with Crippen LogP contribution in [0.15, 0.2) is 54.6 Å². The number of pyridine rings is 1. The van der Waals surface area contributed by atoms with Gasteiger partial charge in [-0.1, -0.05) is 30.3 Å². The molecular weight excluding hydrogens is 344 g/mol. The lowest BCUT2D eigenvalue weighted by atomic mass is 10.0. The number of carboxylic acids is 1. The largest absolute Gasteiger partial charge is 0.497 e. The standard InChI is InChI=1S/C21H20N2O4/c1-27-15-7-4-6-14(12-15)19-13-17(16-8-2-3-9-18(16)23-19)21(26)22-11-5-10-20(24)25/h2-4,6-9,12-13H,5,10-11H2,1H3,(H,22,26)(H,24,25). The van der Waals surface area contributed by atoms with E-state index >= 15 is 0 Å². The summed E-state index contributed by atoms with van der Waals surface area (Å²) in [4.78, 5) is 28.0. The molecule has 1 heterocycles. The Morgan fingerprint density at radius 3 is 2.70 bits per heavy atom. The van der Waals surface area contributed by atoms with Gasteiger partial charge in [-0.05, 0) is 30.7 Å². The lowest BCUT2D eigenvalue weighted by Crippen LogP contribution is -2.25. The number of amides is 1. The smallest absolute Gasteiger partial charge is 0.303 e. The third-order valence-electron chi connectivity index (χ3n) is 4.18. The Bertz CT molecular complexity index is 985. The highest BCUT2D eigenvalue weighted by atomic mass is 16.5. The van der Waals surface area contributed by atoms with Crippen LogP contribution in [0.2, 0.25) is 0 Å². The molecular formula is C21H20N2O4. The lowest BCUT2D eigenvalue weighted by molar-refractivity contribution is -0.137. The van der Waals surface area contributed by atoms with Gasteiger partial charge in [0.15, 0.2) is 0 Å². The van der Waals surface area contributed by atoms with Crippen molar-refractivity contribution in [2.24, 2.45) is 0 Å². The number of rotatable bonds is 7. The molecule has 0 aliphatic heterocycles. The molecule has 1 amide bonds. The fourth-order valence-electron chi connectivity index (χ4n) is 2.83. The summed E-state index contributed by atoms with van der Waals surface area (Å²) in [5.41, 5.74) is 2.74. The predicted octanol–water partition coefficient (Wildman–Crippen LogP) is 3.51. The number of nitrogens with one attached hydrogen (secondary N) is 1. The first-order chi connectivity index (χ1) is 13.1. The quantitative estimate of drug-likeness (QED) is 0.627. The highest BCUT2D eigenvalue weighted by Crippen LogP contribution is 2.27. The minimum atomic E-state index is -0.876. The maximum atomic E-state index is 12.7. The number of ether oxygens (including phenoxy) is 1. The summed E-state index contributed by atoms with van der Waals surface area (Å²) in [7, 11) is 1.60. The molecule has 0 aliphatic carbocycles. The Kier molecular flexibility index (Phi) is 5.66. The van der Waals surface area contributed by atoms with Crippen LogP contribution in [0.4, 0.5) is 0 Å². The number of carboxylic acid groups (broad SMARTS) is 1. The number of aromatic nitrogens is 1. The van der Waals surface area contributed by atoms with Crippen LogP contribution in [0.3, 0.4) is 0 Å². The van der Waals surface area contributed by atoms with Crippen LogP contribution in [0.25, 0.3) is 22.2 Å². The average Bonchev–Trinajstić information content (AvgIpc) is 2.70. The summed E-state index contributed by atoms with van der Waals surface area (Å²) < 4.78 is 5.27. The van der Waals surface area contributed by atoms with Gasteiger partial charge in [-0.2, -0.15) is 0 Å². The molecule has 2 N–H and O–H groups in total. The van der Waals surface area contributed by atoms with Crippen LogP contribution in [0, 0.1) is 0 Å². The molecule has 0 unspecified atom stereocenters. The van der Waals surface area contributed by atoms with Crippen molar-refractivity contribution in [3.8, 4) is 17.0 Å². The van der Waals surface area contributed by atoms with Gasteiger partial charge in [0.1, 0.15) is 5.75 Å². The fraction of sp³-hybridized carbons (Fsp3) is 0.190. The number of hydrogen-bond donors (Lipinski definition) is 2. The number of methoxy groups -OCH3 is 1. The molecule has 0 saturated carbocycles. The maximum absolute atomic E-state index is 12.7. The zero-order chi connectivity index (χ0) is 19.2. The van der Waals surface area contributed by atoms with E-state index in [4.69, 9.17) is 9.84 Å². The molecule has 1 aromatic heterocycles. The predicted molar refractivity (Wildman–Crippen MR) is 103 cm³/mol. The molecule has 0 aliphatic rings. The molecule has 27 heavy (non-hydrogen) atoms. The molecule has 0 saturated heterocycles. The van der Waals surface area contributed by atoms with E-state index in [0.29, 0.717) is 35.5 Å². The van der Waals surface area contributed by atoms with Gasteiger partial charge < -0.3 is 15.2 Å². The van der Waals surface area contributed by atoms with Gasteiger partial charge in [0.05, 0.1) is 23.9 Å². The van der Waals surface area contributed by atoms with Gasteiger partial charge in [-0.3, -0.25) is 9.59 Å². The fourth-order valence-corrected chi connectivity index (χ4v) is 2.83. The number of para-hydroxylation sites is 1. The third-order valence-corrected chi connectivity index (χ3v) is 4.18. The first kappa shape index (κ1) is 18.4. The molecule has 0 fully saturated rings. The first-order valence-corrected chi connectivity index (χ1v) is 8.62. The van der Waals surface area contributed by atoms with Crippen molar-refractivity contribution in [3.63, 3.8) is 0 Å². The number of benzene rings is 2. The topological polar surface area (TPSA) is 88.5 Å². The second-order valence-corrected chi connectivity index (χ2v) is 6.06. The summed E-state index contributed by atoms with van der Waals surface area (Å²) in [6.45, 7) is 0.302. The summed E-state index contributed by atoms with van der Waals surface area (Å²) >= 11 is 0. The number of fused-ring (bicyclic) bond motifs is 1. The van der Waals surface area contributed by atoms with Gasteiger partial charge in [0.2, 0.25) is 0 Å². The maximum Gasteiger partial charge on any atom is 0.303 e. The molecule has 3 rings (SSSR count). The summed E-state index contributed by atoms with van der Waals surface area (Å²) in [5, 5.41) is 12.3.